The average molecular weight is 288 g/mol. The van der Waals surface area contributed by atoms with Gasteiger partial charge < -0.3 is 10.5 Å². The maximum atomic E-state index is 11.8. The molecular formula is C16H22N3O2+. The first-order valence-corrected chi connectivity index (χ1v) is 7.14. The van der Waals surface area contributed by atoms with Gasteiger partial charge >= 0.3 is 0 Å². The summed E-state index contributed by atoms with van der Waals surface area (Å²) in [5.74, 6) is 1.15. The lowest BCUT2D eigenvalue weighted by Gasteiger charge is -2.15. The highest BCUT2D eigenvalue weighted by Crippen LogP contribution is 2.24. The van der Waals surface area contributed by atoms with Crippen LogP contribution in [0.2, 0.25) is 0 Å². The van der Waals surface area contributed by atoms with Crippen molar-refractivity contribution in [1.82, 2.24) is 5.43 Å². The first-order chi connectivity index (χ1) is 10.1. The maximum absolute atomic E-state index is 11.8. The summed E-state index contributed by atoms with van der Waals surface area (Å²) >= 11 is 0. The summed E-state index contributed by atoms with van der Waals surface area (Å²) in [7, 11) is 0. The van der Waals surface area contributed by atoms with E-state index in [0.29, 0.717) is 12.5 Å². The SMILES string of the molecule is CC(C)C[C@@H]([NH3+])C(=O)N/N=C\C1=Cc2ccccc2OC1. The lowest BCUT2D eigenvalue weighted by atomic mass is 10.0. The molecule has 0 aliphatic carbocycles. The summed E-state index contributed by atoms with van der Waals surface area (Å²) in [4.78, 5) is 11.8. The third-order valence-electron chi connectivity index (χ3n) is 3.19. The summed E-state index contributed by atoms with van der Waals surface area (Å²) in [6.45, 7) is 4.59. The van der Waals surface area contributed by atoms with Crippen molar-refractivity contribution in [2.45, 2.75) is 26.3 Å². The van der Waals surface area contributed by atoms with Gasteiger partial charge in [0, 0.05) is 17.6 Å². The fourth-order valence-electron chi connectivity index (χ4n) is 2.15. The number of rotatable bonds is 5. The Morgan fingerprint density at radius 1 is 1.48 bits per heavy atom. The number of hydrazone groups is 1. The van der Waals surface area contributed by atoms with Crippen molar-refractivity contribution >= 4 is 18.2 Å². The van der Waals surface area contributed by atoms with Crippen molar-refractivity contribution in [2.24, 2.45) is 11.0 Å². The zero-order chi connectivity index (χ0) is 15.2. The molecule has 1 aliphatic rings. The normalized spacial score (nSPS) is 15.3. The van der Waals surface area contributed by atoms with Gasteiger partial charge in [0.05, 0.1) is 6.21 Å². The van der Waals surface area contributed by atoms with E-state index in [1.54, 1.807) is 6.21 Å². The summed E-state index contributed by atoms with van der Waals surface area (Å²) in [6.07, 6.45) is 4.38. The molecule has 5 heteroatoms. The first kappa shape index (κ1) is 15.3. The van der Waals surface area contributed by atoms with E-state index in [9.17, 15) is 4.79 Å². The number of hydrogen-bond donors (Lipinski definition) is 2. The van der Waals surface area contributed by atoms with E-state index in [1.807, 2.05) is 30.3 Å². The first-order valence-electron chi connectivity index (χ1n) is 7.14. The van der Waals surface area contributed by atoms with Gasteiger partial charge in [0.2, 0.25) is 0 Å². The van der Waals surface area contributed by atoms with Crippen molar-refractivity contribution in [3.05, 3.63) is 35.4 Å². The number of quaternary nitrogens is 1. The van der Waals surface area contributed by atoms with Crippen molar-refractivity contribution < 1.29 is 15.3 Å². The molecule has 112 valence electrons. The third-order valence-corrected chi connectivity index (χ3v) is 3.19. The van der Waals surface area contributed by atoms with Crippen LogP contribution < -0.4 is 15.9 Å². The minimum Gasteiger partial charge on any atom is -0.488 e. The Morgan fingerprint density at radius 3 is 3.00 bits per heavy atom. The van der Waals surface area contributed by atoms with Gasteiger partial charge in [0.1, 0.15) is 12.4 Å². The number of ether oxygens (including phenoxy) is 1. The molecule has 21 heavy (non-hydrogen) atoms. The van der Waals surface area contributed by atoms with E-state index in [2.05, 4.69) is 30.1 Å². The number of benzene rings is 1. The molecule has 1 aliphatic heterocycles. The predicted octanol–water partition coefficient (Wildman–Crippen LogP) is 1.22. The van der Waals surface area contributed by atoms with Crippen LogP contribution in [0, 0.1) is 5.92 Å². The van der Waals surface area contributed by atoms with Gasteiger partial charge in [-0.3, -0.25) is 4.79 Å². The van der Waals surface area contributed by atoms with Gasteiger partial charge in [-0.15, -0.1) is 0 Å². The number of fused-ring (bicyclic) bond motifs is 1. The van der Waals surface area contributed by atoms with Crippen molar-refractivity contribution in [3.63, 3.8) is 0 Å². The zero-order valence-electron chi connectivity index (χ0n) is 12.5. The van der Waals surface area contributed by atoms with Crippen molar-refractivity contribution in [3.8, 4) is 5.75 Å². The van der Waals surface area contributed by atoms with Crippen LogP contribution in [-0.2, 0) is 4.79 Å². The molecule has 0 radical (unpaired) electrons. The molecule has 0 saturated heterocycles. The molecule has 1 aromatic carbocycles. The Bertz CT molecular complexity index is 564. The Morgan fingerprint density at radius 2 is 2.24 bits per heavy atom. The number of amides is 1. The lowest BCUT2D eigenvalue weighted by Crippen LogP contribution is -2.67. The van der Waals surface area contributed by atoms with Gasteiger partial charge in [-0.2, -0.15) is 5.10 Å². The Hall–Kier alpha value is -2.14. The molecule has 0 bridgehead atoms. The lowest BCUT2D eigenvalue weighted by molar-refractivity contribution is -0.406. The van der Waals surface area contributed by atoms with E-state index in [-0.39, 0.29) is 11.9 Å². The summed E-state index contributed by atoms with van der Waals surface area (Å²) in [5.41, 5.74) is 8.31. The number of hydrogen-bond acceptors (Lipinski definition) is 3. The predicted molar refractivity (Wildman–Crippen MR) is 82.7 cm³/mol. The fourth-order valence-corrected chi connectivity index (χ4v) is 2.15. The topological polar surface area (TPSA) is 78.3 Å². The molecule has 5 nitrogen and oxygen atoms in total. The average Bonchev–Trinajstić information content (AvgIpc) is 2.46. The largest absolute Gasteiger partial charge is 0.488 e. The zero-order valence-corrected chi connectivity index (χ0v) is 12.5. The number of carbonyl (C=O) groups excluding carboxylic acids is 1. The molecule has 1 atom stereocenters. The molecule has 1 aromatic rings. The van der Waals surface area contributed by atoms with Crippen LogP contribution >= 0.6 is 0 Å². The highest BCUT2D eigenvalue weighted by Gasteiger charge is 2.17. The number of para-hydroxylation sites is 1. The molecule has 2 rings (SSSR count). The highest BCUT2D eigenvalue weighted by molar-refractivity contribution is 5.89. The quantitative estimate of drug-likeness (QED) is 0.631. The van der Waals surface area contributed by atoms with Crippen LogP contribution in [-0.4, -0.2) is 24.8 Å². The van der Waals surface area contributed by atoms with Crippen LogP contribution in [0.5, 0.6) is 5.75 Å². The van der Waals surface area contributed by atoms with Gasteiger partial charge in [0.25, 0.3) is 5.91 Å². The van der Waals surface area contributed by atoms with Crippen LogP contribution in [0.4, 0.5) is 0 Å². The third kappa shape index (κ3) is 4.43. The van der Waals surface area contributed by atoms with E-state index in [1.165, 1.54) is 0 Å². The summed E-state index contributed by atoms with van der Waals surface area (Å²) in [5, 5.41) is 3.98. The number of nitrogens with zero attached hydrogens (tertiary/aromatic N) is 1. The van der Waals surface area contributed by atoms with Crippen LogP contribution in [0.15, 0.2) is 34.9 Å². The second-order valence-corrected chi connectivity index (χ2v) is 5.61. The highest BCUT2D eigenvalue weighted by atomic mass is 16.5. The molecule has 0 spiro atoms. The van der Waals surface area contributed by atoms with E-state index in [0.717, 1.165) is 23.3 Å². The molecule has 1 amide bonds. The van der Waals surface area contributed by atoms with Gasteiger partial charge in [0.15, 0.2) is 6.04 Å². The Labute approximate surface area is 124 Å². The minimum atomic E-state index is -0.278. The summed E-state index contributed by atoms with van der Waals surface area (Å²) < 4.78 is 5.61. The second kappa shape index (κ2) is 7.04. The smallest absolute Gasteiger partial charge is 0.298 e. The minimum absolute atomic E-state index is 0.155. The van der Waals surface area contributed by atoms with Crippen molar-refractivity contribution in [1.29, 1.82) is 0 Å². The molecule has 4 N–H and O–H groups in total. The van der Waals surface area contributed by atoms with Crippen LogP contribution in [0.3, 0.4) is 0 Å². The fraction of sp³-hybridized carbons (Fsp3) is 0.375. The molecule has 0 unspecified atom stereocenters. The standard InChI is InChI=1S/C16H21N3O2/c1-11(2)7-14(17)16(20)19-18-9-12-8-13-5-3-4-6-15(13)21-10-12/h3-6,8-9,11,14H,7,10,17H2,1-2H3,(H,19,20)/p+1/b18-9-/t14-/m1/s1. The van der Waals surface area contributed by atoms with Crippen LogP contribution in [0.1, 0.15) is 25.8 Å². The Balaban J connectivity index is 1.91. The van der Waals surface area contributed by atoms with Gasteiger partial charge in [-0.25, -0.2) is 5.43 Å². The molecule has 1 heterocycles. The molecular weight excluding hydrogens is 266 g/mol. The molecule has 0 aromatic heterocycles. The number of nitrogens with one attached hydrogen (secondary N) is 1. The summed E-state index contributed by atoms with van der Waals surface area (Å²) in [6, 6.07) is 7.53. The van der Waals surface area contributed by atoms with Crippen LogP contribution in [0.25, 0.3) is 6.08 Å². The molecule has 0 fully saturated rings. The van der Waals surface area contributed by atoms with Crippen molar-refractivity contribution in [2.75, 3.05) is 6.61 Å². The van der Waals surface area contributed by atoms with E-state index < -0.39 is 0 Å². The van der Waals surface area contributed by atoms with E-state index in [4.69, 9.17) is 4.74 Å². The maximum Gasteiger partial charge on any atom is 0.298 e. The van der Waals surface area contributed by atoms with E-state index >= 15 is 0 Å². The molecule has 0 saturated carbocycles. The number of carbonyl (C=O) groups is 1. The monoisotopic (exact) mass is 288 g/mol. The second-order valence-electron chi connectivity index (χ2n) is 5.61. The van der Waals surface area contributed by atoms with Gasteiger partial charge in [-0.1, -0.05) is 32.0 Å². The van der Waals surface area contributed by atoms with Gasteiger partial charge in [-0.05, 0) is 18.1 Å². The Kier molecular flexibility index (Phi) is 5.11.